The Balaban J connectivity index is 2.15. The molecular formula is C16H13Cl3N4O4S. The third kappa shape index (κ3) is 5.90. The summed E-state index contributed by atoms with van der Waals surface area (Å²) >= 11 is 21.7. The molecule has 1 atom stereocenters. The number of alkyl halides is 3. The van der Waals surface area contributed by atoms with E-state index in [-0.39, 0.29) is 11.3 Å². The fourth-order valence-electron chi connectivity index (χ4n) is 2.04. The number of nitrogens with one attached hydrogen (secondary N) is 2. The SMILES string of the molecule is O=C(NC(N(S)C(=O)Nc1ccccc1)C(Cl)(Cl)Cl)c1ccc([N+](=O)[O-])cc1. The number of rotatable bonds is 5. The lowest BCUT2D eigenvalue weighted by molar-refractivity contribution is -0.384. The van der Waals surface area contributed by atoms with E-state index in [1.54, 1.807) is 30.3 Å². The number of urea groups is 1. The quantitative estimate of drug-likeness (QED) is 0.201. The van der Waals surface area contributed by atoms with Crippen molar-refractivity contribution >= 4 is 70.9 Å². The van der Waals surface area contributed by atoms with Gasteiger partial charge in [0, 0.05) is 23.4 Å². The third-order valence-electron chi connectivity index (χ3n) is 3.40. The first-order valence-electron chi connectivity index (χ1n) is 7.56. The van der Waals surface area contributed by atoms with Gasteiger partial charge in [-0.05, 0) is 24.3 Å². The molecule has 148 valence electrons. The fourth-order valence-corrected chi connectivity index (χ4v) is 2.98. The van der Waals surface area contributed by atoms with Gasteiger partial charge in [-0.1, -0.05) is 65.8 Å². The van der Waals surface area contributed by atoms with Crippen LogP contribution in [0.5, 0.6) is 0 Å². The van der Waals surface area contributed by atoms with Gasteiger partial charge >= 0.3 is 6.03 Å². The number of nitro groups is 1. The van der Waals surface area contributed by atoms with E-state index in [9.17, 15) is 19.7 Å². The smallest absolute Gasteiger partial charge is 0.327 e. The van der Waals surface area contributed by atoms with Gasteiger partial charge in [0.15, 0.2) is 6.17 Å². The molecule has 0 heterocycles. The Labute approximate surface area is 180 Å². The third-order valence-corrected chi connectivity index (χ3v) is 4.43. The molecular weight excluding hydrogens is 451 g/mol. The van der Waals surface area contributed by atoms with Gasteiger partial charge in [0.2, 0.25) is 3.79 Å². The molecule has 2 rings (SSSR count). The molecule has 2 aromatic rings. The lowest BCUT2D eigenvalue weighted by Gasteiger charge is -2.32. The van der Waals surface area contributed by atoms with Crippen molar-refractivity contribution in [2.75, 3.05) is 5.32 Å². The predicted octanol–water partition coefficient (Wildman–Crippen LogP) is 4.40. The highest BCUT2D eigenvalue weighted by Crippen LogP contribution is 2.33. The van der Waals surface area contributed by atoms with Gasteiger partial charge < -0.3 is 10.6 Å². The Hall–Kier alpha value is -2.20. The van der Waals surface area contributed by atoms with Gasteiger partial charge in [-0.25, -0.2) is 9.10 Å². The number of nitrogens with zero attached hydrogens (tertiary/aromatic N) is 2. The minimum Gasteiger partial charge on any atom is -0.327 e. The zero-order valence-electron chi connectivity index (χ0n) is 13.9. The molecule has 2 N–H and O–H groups in total. The zero-order chi connectivity index (χ0) is 20.9. The highest BCUT2D eigenvalue weighted by Gasteiger charge is 2.40. The van der Waals surface area contributed by atoms with Gasteiger partial charge in [-0.3, -0.25) is 14.9 Å². The van der Waals surface area contributed by atoms with Crippen molar-refractivity contribution in [2.45, 2.75) is 9.96 Å². The number of carbonyl (C=O) groups excluding carboxylic acids is 2. The average Bonchev–Trinajstić information content (AvgIpc) is 2.65. The Morgan fingerprint density at radius 3 is 2.14 bits per heavy atom. The van der Waals surface area contributed by atoms with Crippen molar-refractivity contribution in [3.63, 3.8) is 0 Å². The van der Waals surface area contributed by atoms with Gasteiger partial charge in [0.05, 0.1) is 4.92 Å². The number of anilines is 1. The number of benzene rings is 2. The van der Waals surface area contributed by atoms with Gasteiger partial charge in [0.1, 0.15) is 0 Å². The molecule has 0 spiro atoms. The van der Waals surface area contributed by atoms with E-state index in [2.05, 4.69) is 23.4 Å². The van der Waals surface area contributed by atoms with E-state index < -0.39 is 26.8 Å². The molecule has 0 aromatic heterocycles. The van der Waals surface area contributed by atoms with Crippen LogP contribution in [0.15, 0.2) is 54.6 Å². The Morgan fingerprint density at radius 2 is 1.64 bits per heavy atom. The minimum atomic E-state index is -2.12. The number of carbonyl (C=O) groups is 2. The summed E-state index contributed by atoms with van der Waals surface area (Å²) in [4.78, 5) is 34.9. The molecule has 0 saturated heterocycles. The van der Waals surface area contributed by atoms with E-state index >= 15 is 0 Å². The summed E-state index contributed by atoms with van der Waals surface area (Å²) in [5.41, 5.74) is 0.346. The number of para-hydroxylation sites is 1. The van der Waals surface area contributed by atoms with Crippen LogP contribution in [-0.4, -0.2) is 31.1 Å². The monoisotopic (exact) mass is 462 g/mol. The van der Waals surface area contributed by atoms with Crippen molar-refractivity contribution in [3.8, 4) is 0 Å². The normalized spacial score (nSPS) is 12.0. The first kappa shape index (κ1) is 22.1. The van der Waals surface area contributed by atoms with Crippen LogP contribution in [0.3, 0.4) is 0 Å². The van der Waals surface area contributed by atoms with Crippen LogP contribution in [0, 0.1) is 10.1 Å². The standard InChI is InChI=1S/C16H13Cl3N4O4S/c17-16(18,19)14(22(28)15(25)20-11-4-2-1-3-5-11)21-13(24)10-6-8-12(9-7-10)23(26)27/h1-9,14,28H,(H,20,25)(H,21,24). The first-order valence-corrected chi connectivity index (χ1v) is 9.09. The van der Waals surface area contributed by atoms with Crippen LogP contribution in [0.25, 0.3) is 0 Å². The highest BCUT2D eigenvalue weighted by molar-refractivity contribution is 7.78. The maximum absolute atomic E-state index is 12.4. The van der Waals surface area contributed by atoms with Crippen LogP contribution in [0.2, 0.25) is 0 Å². The first-order chi connectivity index (χ1) is 13.1. The van der Waals surface area contributed by atoms with Crippen LogP contribution in [0.1, 0.15) is 10.4 Å². The van der Waals surface area contributed by atoms with Crippen LogP contribution in [-0.2, 0) is 0 Å². The topological polar surface area (TPSA) is 105 Å². The number of non-ortho nitro benzene ring substituents is 1. The van der Waals surface area contributed by atoms with Crippen molar-refractivity contribution in [3.05, 3.63) is 70.3 Å². The fraction of sp³-hybridized carbons (Fsp3) is 0.125. The molecule has 28 heavy (non-hydrogen) atoms. The second kappa shape index (κ2) is 9.33. The molecule has 2 aromatic carbocycles. The number of amides is 3. The summed E-state index contributed by atoms with van der Waals surface area (Å²) < 4.78 is -1.39. The molecule has 0 radical (unpaired) electrons. The molecule has 1 unspecified atom stereocenters. The van der Waals surface area contributed by atoms with Gasteiger partial charge in [-0.2, -0.15) is 0 Å². The molecule has 0 bridgehead atoms. The number of nitro benzene ring substituents is 1. The summed E-state index contributed by atoms with van der Waals surface area (Å²) in [6, 6.07) is 12.5. The molecule has 8 nitrogen and oxygen atoms in total. The van der Waals surface area contributed by atoms with Crippen molar-refractivity contribution in [2.24, 2.45) is 0 Å². The molecule has 0 aliphatic carbocycles. The Bertz CT molecular complexity index is 862. The number of halogens is 3. The maximum Gasteiger partial charge on any atom is 0.333 e. The molecule has 12 heteroatoms. The number of thiol groups is 1. The number of hydrogen-bond donors (Lipinski definition) is 3. The molecule has 0 saturated carbocycles. The van der Waals surface area contributed by atoms with E-state index in [0.717, 1.165) is 16.4 Å². The van der Waals surface area contributed by atoms with E-state index in [1.807, 2.05) is 0 Å². The minimum absolute atomic E-state index is 0.0649. The Kier molecular flexibility index (Phi) is 7.36. The largest absolute Gasteiger partial charge is 0.333 e. The highest BCUT2D eigenvalue weighted by atomic mass is 35.6. The van der Waals surface area contributed by atoms with E-state index in [1.165, 1.54) is 12.1 Å². The maximum atomic E-state index is 12.4. The summed E-state index contributed by atoms with van der Waals surface area (Å²) in [6.07, 6.45) is -1.45. The van der Waals surface area contributed by atoms with Crippen molar-refractivity contribution in [1.29, 1.82) is 0 Å². The lowest BCUT2D eigenvalue weighted by Crippen LogP contribution is -2.54. The Morgan fingerprint density at radius 1 is 1.07 bits per heavy atom. The predicted molar refractivity (Wildman–Crippen MR) is 111 cm³/mol. The summed E-state index contributed by atoms with van der Waals surface area (Å²) in [5.74, 6) is -0.724. The van der Waals surface area contributed by atoms with Crippen LogP contribution >= 0.6 is 47.6 Å². The summed E-state index contributed by atoms with van der Waals surface area (Å²) in [5, 5.41) is 15.6. The summed E-state index contributed by atoms with van der Waals surface area (Å²) in [7, 11) is 0. The molecule has 0 fully saturated rings. The molecule has 3 amide bonds. The molecule has 0 aliphatic rings. The van der Waals surface area contributed by atoms with Gasteiger partial charge in [-0.15, -0.1) is 0 Å². The zero-order valence-corrected chi connectivity index (χ0v) is 17.0. The van der Waals surface area contributed by atoms with Crippen molar-refractivity contribution in [1.82, 2.24) is 9.62 Å². The van der Waals surface area contributed by atoms with Crippen LogP contribution in [0.4, 0.5) is 16.2 Å². The van der Waals surface area contributed by atoms with Crippen molar-refractivity contribution < 1.29 is 14.5 Å². The van der Waals surface area contributed by atoms with Gasteiger partial charge in [0.25, 0.3) is 11.6 Å². The second-order valence-electron chi connectivity index (χ2n) is 5.36. The van der Waals surface area contributed by atoms with Crippen LogP contribution < -0.4 is 10.6 Å². The lowest BCUT2D eigenvalue weighted by atomic mass is 10.2. The summed E-state index contributed by atoms with van der Waals surface area (Å²) in [6.45, 7) is 0. The average molecular weight is 464 g/mol. The molecule has 0 aliphatic heterocycles. The van der Waals surface area contributed by atoms with E-state index in [0.29, 0.717) is 5.69 Å². The van der Waals surface area contributed by atoms with E-state index in [4.69, 9.17) is 34.8 Å². The second-order valence-corrected chi connectivity index (χ2v) is 8.16. The number of hydrogen-bond acceptors (Lipinski definition) is 5.